The third-order valence-corrected chi connectivity index (χ3v) is 10.1. The maximum Gasteiger partial charge on any atom is 0.326 e. The van der Waals surface area contributed by atoms with E-state index in [1.54, 1.807) is 20.1 Å². The first-order chi connectivity index (χ1) is 31.1. The molecule has 0 radical (unpaired) electrons. The standard InChI is InChI=1S/C40H68N10O16S/c1-18(2)12-21(41)33(58)45-22(8-9-28(42)52)35(60)49-27(17-51)38(63)46-24(13-19(3)4)37(62)50-32(20(5)6)39(64)48-26(15-31(56)57)36(61)47-25(14-30(54)55)34(59)43-16-29(53)44-23(40(65)66)10-11-67-7/h18-27,32,51H,8-17,41H2,1-7H3,(H2,42,52)(H,43,59)(H,44,53)(H,45,58)(H,46,63)(H,47,61)(H,48,64)(H,49,60)(H,50,62)(H,54,55)(H,56,57)(H,65,66)/t21-,22-,23-,24-,25-,26-,27-,32-/m0/s1. The van der Waals surface area contributed by atoms with Crippen molar-refractivity contribution in [2.75, 3.05) is 25.2 Å². The molecule has 26 nitrogen and oxygen atoms in total. The lowest BCUT2D eigenvalue weighted by Gasteiger charge is -2.29. The van der Waals surface area contributed by atoms with Crippen molar-refractivity contribution in [2.24, 2.45) is 29.2 Å². The van der Waals surface area contributed by atoms with Crippen LogP contribution in [0.25, 0.3) is 0 Å². The van der Waals surface area contributed by atoms with Gasteiger partial charge in [0.25, 0.3) is 0 Å². The molecule has 0 saturated carbocycles. The second-order valence-corrected chi connectivity index (χ2v) is 17.7. The van der Waals surface area contributed by atoms with E-state index in [0.29, 0.717) is 5.75 Å². The van der Waals surface area contributed by atoms with Crippen molar-refractivity contribution < 1.29 is 78.0 Å². The second kappa shape index (κ2) is 31.0. The summed E-state index contributed by atoms with van der Waals surface area (Å²) in [6.07, 6.45) is -0.868. The highest BCUT2D eigenvalue weighted by atomic mass is 32.2. The second-order valence-electron chi connectivity index (χ2n) is 16.7. The van der Waals surface area contributed by atoms with Gasteiger partial charge in [0.1, 0.15) is 42.3 Å². The number of nitrogens with two attached hydrogens (primary N) is 2. The van der Waals surface area contributed by atoms with Gasteiger partial charge in [0.15, 0.2) is 0 Å². The number of carboxylic acid groups (broad SMARTS) is 3. The van der Waals surface area contributed by atoms with Gasteiger partial charge in [-0.3, -0.25) is 52.7 Å². The fraction of sp³-hybridized carbons (Fsp3) is 0.700. The van der Waals surface area contributed by atoms with Crippen molar-refractivity contribution in [1.82, 2.24) is 42.5 Å². The molecule has 0 aliphatic heterocycles. The molecule has 0 unspecified atom stereocenters. The summed E-state index contributed by atoms with van der Waals surface area (Å²) in [6.45, 7) is 8.11. The number of hydrogen-bond acceptors (Lipinski definition) is 15. The molecule has 9 amide bonds. The topological polar surface area (TPSA) is 434 Å². The van der Waals surface area contributed by atoms with E-state index in [-0.39, 0.29) is 43.9 Å². The van der Waals surface area contributed by atoms with Crippen LogP contribution in [0.15, 0.2) is 0 Å². The number of nitrogens with one attached hydrogen (secondary N) is 8. The highest BCUT2D eigenvalue weighted by Crippen LogP contribution is 2.11. The van der Waals surface area contributed by atoms with E-state index >= 15 is 0 Å². The highest BCUT2D eigenvalue weighted by Gasteiger charge is 2.36. The Hall–Kier alpha value is -6.09. The quantitative estimate of drug-likeness (QED) is 0.0295. The summed E-state index contributed by atoms with van der Waals surface area (Å²) < 4.78 is 0. The van der Waals surface area contributed by atoms with Crippen LogP contribution in [0.5, 0.6) is 0 Å². The van der Waals surface area contributed by atoms with Crippen LogP contribution in [-0.4, -0.2) is 165 Å². The largest absolute Gasteiger partial charge is 0.481 e. The van der Waals surface area contributed by atoms with E-state index in [1.807, 2.05) is 19.2 Å². The molecule has 0 rings (SSSR count). The van der Waals surface area contributed by atoms with Gasteiger partial charge in [-0.2, -0.15) is 11.8 Å². The summed E-state index contributed by atoms with van der Waals surface area (Å²) in [5, 5.41) is 56.5. The first kappa shape index (κ1) is 60.9. The number of carbonyl (C=O) groups is 12. The van der Waals surface area contributed by atoms with Gasteiger partial charge in [-0.1, -0.05) is 41.5 Å². The number of amides is 9. The summed E-state index contributed by atoms with van der Waals surface area (Å²) in [5.74, 6) is -14.5. The molecule has 0 spiro atoms. The number of aliphatic hydroxyl groups excluding tert-OH is 1. The van der Waals surface area contributed by atoms with Crippen LogP contribution < -0.4 is 54.0 Å². The molecule has 16 N–H and O–H groups in total. The van der Waals surface area contributed by atoms with E-state index in [0.717, 1.165) is 0 Å². The minimum absolute atomic E-state index is 0.0166. The Morgan fingerprint density at radius 1 is 0.537 bits per heavy atom. The number of rotatable bonds is 33. The van der Waals surface area contributed by atoms with Crippen molar-refractivity contribution in [3.63, 3.8) is 0 Å². The summed E-state index contributed by atoms with van der Waals surface area (Å²) in [6, 6.07) is -12.3. The number of aliphatic hydroxyl groups is 1. The average molecular weight is 977 g/mol. The van der Waals surface area contributed by atoms with Crippen LogP contribution in [0.4, 0.5) is 0 Å². The SMILES string of the molecule is CSCC[C@H](NC(=O)CNC(=O)[C@H](CC(=O)O)NC(=O)[C@H](CC(=O)O)NC(=O)[C@@H](NC(=O)[C@H](CC(C)C)NC(=O)[C@H](CO)NC(=O)[C@H](CCC(N)=O)NC(=O)[C@@H](N)CC(C)C)C(C)C)C(=O)O. The van der Waals surface area contributed by atoms with E-state index in [1.165, 1.54) is 25.6 Å². The maximum absolute atomic E-state index is 13.8. The third kappa shape index (κ3) is 24.9. The molecule has 0 heterocycles. The monoisotopic (exact) mass is 976 g/mol. The van der Waals surface area contributed by atoms with Crippen LogP contribution in [0.1, 0.15) is 86.5 Å². The van der Waals surface area contributed by atoms with Gasteiger partial charge in [-0.05, 0) is 55.4 Å². The minimum Gasteiger partial charge on any atom is -0.481 e. The van der Waals surface area contributed by atoms with Gasteiger partial charge in [0.2, 0.25) is 53.2 Å². The van der Waals surface area contributed by atoms with Crippen LogP contribution in [-0.2, 0) is 57.5 Å². The molecule has 8 atom stereocenters. The minimum atomic E-state index is -1.98. The number of carbonyl (C=O) groups excluding carboxylic acids is 9. The molecule has 0 bridgehead atoms. The van der Waals surface area contributed by atoms with Gasteiger partial charge in [-0.25, -0.2) is 4.79 Å². The van der Waals surface area contributed by atoms with E-state index in [2.05, 4.69) is 37.2 Å². The Morgan fingerprint density at radius 3 is 1.48 bits per heavy atom. The first-order valence-electron chi connectivity index (χ1n) is 21.3. The van der Waals surface area contributed by atoms with Crippen LogP contribution in [0.2, 0.25) is 0 Å². The normalized spacial score (nSPS) is 14.7. The average Bonchev–Trinajstić information content (AvgIpc) is 3.21. The zero-order valence-electron chi connectivity index (χ0n) is 38.7. The van der Waals surface area contributed by atoms with E-state index in [9.17, 15) is 78.0 Å². The molecule has 0 saturated heterocycles. The molecule has 0 aliphatic carbocycles. The Bertz CT molecular complexity index is 1770. The van der Waals surface area contributed by atoms with Crippen molar-refractivity contribution >= 4 is 82.8 Å². The van der Waals surface area contributed by atoms with Gasteiger partial charge in [0, 0.05) is 6.42 Å². The van der Waals surface area contributed by atoms with Crippen LogP contribution in [0, 0.1) is 17.8 Å². The molecule has 0 fully saturated rings. The van der Waals surface area contributed by atoms with E-state index < -0.39 is 151 Å². The number of hydrogen-bond donors (Lipinski definition) is 14. The number of primary amides is 1. The first-order valence-corrected chi connectivity index (χ1v) is 22.7. The summed E-state index contributed by atoms with van der Waals surface area (Å²) in [5.41, 5.74) is 11.2. The van der Waals surface area contributed by atoms with Crippen molar-refractivity contribution in [3.05, 3.63) is 0 Å². The lowest BCUT2D eigenvalue weighted by Crippen LogP contribution is -2.61. The summed E-state index contributed by atoms with van der Waals surface area (Å²) in [7, 11) is 0. The lowest BCUT2D eigenvalue weighted by atomic mass is 9.99. The molecule has 0 aliphatic rings. The molecule has 380 valence electrons. The van der Waals surface area contributed by atoms with Gasteiger partial charge in [-0.15, -0.1) is 0 Å². The lowest BCUT2D eigenvalue weighted by molar-refractivity contribution is -0.143. The van der Waals surface area contributed by atoms with E-state index in [4.69, 9.17) is 11.5 Å². The molecule has 67 heavy (non-hydrogen) atoms. The molecular weight excluding hydrogens is 909 g/mol. The predicted octanol–water partition coefficient (Wildman–Crippen LogP) is -4.38. The summed E-state index contributed by atoms with van der Waals surface area (Å²) >= 11 is 1.32. The van der Waals surface area contributed by atoms with Gasteiger partial charge in [0.05, 0.1) is 32.0 Å². The predicted molar refractivity (Wildman–Crippen MR) is 239 cm³/mol. The van der Waals surface area contributed by atoms with Crippen molar-refractivity contribution in [2.45, 2.75) is 135 Å². The zero-order chi connectivity index (χ0) is 51.7. The van der Waals surface area contributed by atoms with Gasteiger partial charge < -0.3 is 74.4 Å². The van der Waals surface area contributed by atoms with Crippen molar-refractivity contribution in [1.29, 1.82) is 0 Å². The van der Waals surface area contributed by atoms with Gasteiger partial charge >= 0.3 is 17.9 Å². The highest BCUT2D eigenvalue weighted by molar-refractivity contribution is 7.98. The van der Waals surface area contributed by atoms with Crippen LogP contribution >= 0.6 is 11.8 Å². The Labute approximate surface area is 391 Å². The smallest absolute Gasteiger partial charge is 0.326 e. The maximum atomic E-state index is 13.8. The number of carboxylic acids is 3. The Morgan fingerprint density at radius 2 is 1.00 bits per heavy atom. The number of thioether (sulfide) groups is 1. The molecule has 0 aromatic carbocycles. The Balaban J connectivity index is 6.23. The Kier molecular flexibility index (Phi) is 28.2. The third-order valence-electron chi connectivity index (χ3n) is 9.47. The molecular formula is C40H68N10O16S. The van der Waals surface area contributed by atoms with Crippen molar-refractivity contribution in [3.8, 4) is 0 Å². The zero-order valence-corrected chi connectivity index (χ0v) is 39.5. The molecule has 27 heteroatoms. The number of aliphatic carboxylic acids is 3. The molecule has 0 aromatic rings. The fourth-order valence-electron chi connectivity index (χ4n) is 6.01. The summed E-state index contributed by atoms with van der Waals surface area (Å²) in [4.78, 5) is 152. The van der Waals surface area contributed by atoms with Crippen LogP contribution in [0.3, 0.4) is 0 Å². The fourth-order valence-corrected chi connectivity index (χ4v) is 6.48. The molecule has 0 aromatic heterocycles.